The summed E-state index contributed by atoms with van der Waals surface area (Å²) in [5.74, 6) is 3.56. The number of terminal acetylenes is 1. The fourth-order valence-electron chi connectivity index (χ4n) is 2.67. The molecule has 126 valence electrons. The Morgan fingerprint density at radius 3 is 2.76 bits per heavy atom. The highest BCUT2D eigenvalue weighted by Crippen LogP contribution is 2.26. The largest absolute Gasteiger partial charge is 0.495 e. The van der Waals surface area contributed by atoms with E-state index in [1.54, 1.807) is 17.9 Å². The molecule has 1 N–H and O–H groups in total. The van der Waals surface area contributed by atoms with Gasteiger partial charge < -0.3 is 10.1 Å². The summed E-state index contributed by atoms with van der Waals surface area (Å²) in [6.07, 6.45) is 7.16. The van der Waals surface area contributed by atoms with Crippen LogP contribution in [0.4, 0.5) is 11.6 Å². The molecular formula is C19H18N4O2. The topological polar surface area (TPSA) is 69.0 Å². The Labute approximate surface area is 145 Å². The van der Waals surface area contributed by atoms with E-state index in [2.05, 4.69) is 21.2 Å². The van der Waals surface area contributed by atoms with Crippen LogP contribution in [0.5, 0.6) is 5.75 Å². The molecule has 0 amide bonds. The van der Waals surface area contributed by atoms with Gasteiger partial charge in [0, 0.05) is 23.9 Å². The quantitative estimate of drug-likeness (QED) is 0.743. The van der Waals surface area contributed by atoms with Crippen LogP contribution in [0.1, 0.15) is 25.5 Å². The van der Waals surface area contributed by atoms with E-state index in [0.29, 0.717) is 28.3 Å². The number of methoxy groups -OCH3 is 1. The summed E-state index contributed by atoms with van der Waals surface area (Å²) in [6.45, 7) is 3.84. The van der Waals surface area contributed by atoms with Crippen LogP contribution in [0.3, 0.4) is 0 Å². The lowest BCUT2D eigenvalue weighted by Gasteiger charge is -2.15. The Morgan fingerprint density at radius 2 is 2.08 bits per heavy atom. The lowest BCUT2D eigenvalue weighted by Crippen LogP contribution is -2.23. The lowest BCUT2D eigenvalue weighted by atomic mass is 10.2. The number of ether oxygens (including phenoxy) is 1. The molecule has 0 aliphatic heterocycles. The predicted molar refractivity (Wildman–Crippen MR) is 98.4 cm³/mol. The van der Waals surface area contributed by atoms with Crippen LogP contribution >= 0.6 is 0 Å². The number of nitrogens with zero attached hydrogens (tertiary/aromatic N) is 3. The Balaban J connectivity index is 2.18. The molecule has 0 atom stereocenters. The number of hydrogen-bond donors (Lipinski definition) is 1. The number of hydrogen-bond acceptors (Lipinski definition) is 5. The number of aromatic nitrogens is 3. The molecule has 0 radical (unpaired) electrons. The summed E-state index contributed by atoms with van der Waals surface area (Å²) < 4.78 is 6.93. The van der Waals surface area contributed by atoms with Crippen molar-refractivity contribution in [1.82, 2.24) is 14.5 Å². The van der Waals surface area contributed by atoms with Crippen molar-refractivity contribution in [3.63, 3.8) is 0 Å². The minimum absolute atomic E-state index is 0.0594. The third-order valence-electron chi connectivity index (χ3n) is 3.82. The van der Waals surface area contributed by atoms with Crippen molar-refractivity contribution in [2.45, 2.75) is 19.9 Å². The van der Waals surface area contributed by atoms with Gasteiger partial charge >= 0.3 is 0 Å². The number of fused-ring (bicyclic) bond motifs is 1. The molecule has 2 aromatic heterocycles. The molecule has 2 heterocycles. The molecule has 0 fully saturated rings. The Kier molecular flexibility index (Phi) is 4.40. The fraction of sp³-hybridized carbons (Fsp3) is 0.211. The second-order valence-corrected chi connectivity index (χ2v) is 5.76. The number of benzene rings is 1. The van der Waals surface area contributed by atoms with Gasteiger partial charge in [0.05, 0.1) is 18.2 Å². The van der Waals surface area contributed by atoms with Gasteiger partial charge in [0.1, 0.15) is 11.4 Å². The minimum Gasteiger partial charge on any atom is -0.495 e. The molecule has 0 saturated heterocycles. The zero-order valence-corrected chi connectivity index (χ0v) is 14.3. The molecule has 0 aliphatic rings. The van der Waals surface area contributed by atoms with Gasteiger partial charge in [-0.25, -0.2) is 4.98 Å². The van der Waals surface area contributed by atoms with E-state index >= 15 is 0 Å². The van der Waals surface area contributed by atoms with Crippen molar-refractivity contribution in [2.75, 3.05) is 12.4 Å². The van der Waals surface area contributed by atoms with E-state index in [1.807, 2.05) is 38.1 Å². The molecule has 0 saturated carbocycles. The zero-order chi connectivity index (χ0) is 18.0. The average Bonchev–Trinajstić information content (AvgIpc) is 2.60. The summed E-state index contributed by atoms with van der Waals surface area (Å²) in [5, 5.41) is 3.79. The number of anilines is 2. The second-order valence-electron chi connectivity index (χ2n) is 5.76. The van der Waals surface area contributed by atoms with Gasteiger partial charge in [-0.15, -0.1) is 6.42 Å². The van der Waals surface area contributed by atoms with Crippen LogP contribution in [0, 0.1) is 12.3 Å². The van der Waals surface area contributed by atoms with Gasteiger partial charge in [0.15, 0.2) is 0 Å². The molecule has 0 unspecified atom stereocenters. The highest BCUT2D eigenvalue weighted by molar-refractivity contribution is 5.82. The van der Waals surface area contributed by atoms with Gasteiger partial charge in [-0.1, -0.05) is 18.1 Å². The minimum atomic E-state index is -0.183. The van der Waals surface area contributed by atoms with Crippen LogP contribution in [-0.2, 0) is 0 Å². The Bertz CT molecular complexity index is 1030. The summed E-state index contributed by atoms with van der Waals surface area (Å²) in [4.78, 5) is 21.2. The van der Waals surface area contributed by atoms with Gasteiger partial charge in [0.2, 0.25) is 5.95 Å². The SMILES string of the molecule is C#Cc1cc(=O)n(C(C)C)c2nc(Nc3ccccc3OC)ncc12. The number of para-hydroxylation sites is 2. The van der Waals surface area contributed by atoms with Crippen LogP contribution in [0.25, 0.3) is 11.0 Å². The maximum atomic E-state index is 12.4. The van der Waals surface area contributed by atoms with Gasteiger partial charge in [-0.2, -0.15) is 4.98 Å². The van der Waals surface area contributed by atoms with E-state index < -0.39 is 0 Å². The van der Waals surface area contributed by atoms with Crippen molar-refractivity contribution >= 4 is 22.7 Å². The van der Waals surface area contributed by atoms with Gasteiger partial charge in [0.25, 0.3) is 5.56 Å². The van der Waals surface area contributed by atoms with Crippen LogP contribution in [-0.4, -0.2) is 21.6 Å². The smallest absolute Gasteiger partial charge is 0.253 e. The maximum Gasteiger partial charge on any atom is 0.253 e. The van der Waals surface area contributed by atoms with E-state index in [-0.39, 0.29) is 11.6 Å². The number of nitrogens with one attached hydrogen (secondary N) is 1. The molecular weight excluding hydrogens is 316 g/mol. The third kappa shape index (κ3) is 3.04. The Hall–Kier alpha value is -3.33. The first kappa shape index (κ1) is 16.5. The van der Waals surface area contributed by atoms with Crippen molar-refractivity contribution in [3.05, 3.63) is 52.4 Å². The normalized spacial score (nSPS) is 10.7. The van der Waals surface area contributed by atoms with E-state index in [1.165, 1.54) is 6.07 Å². The molecule has 6 nitrogen and oxygen atoms in total. The van der Waals surface area contributed by atoms with Crippen molar-refractivity contribution in [1.29, 1.82) is 0 Å². The summed E-state index contributed by atoms with van der Waals surface area (Å²) in [5.41, 5.74) is 1.54. The van der Waals surface area contributed by atoms with E-state index in [9.17, 15) is 4.79 Å². The highest BCUT2D eigenvalue weighted by Gasteiger charge is 2.13. The highest BCUT2D eigenvalue weighted by atomic mass is 16.5. The molecule has 3 rings (SSSR count). The Morgan fingerprint density at radius 1 is 1.32 bits per heavy atom. The third-order valence-corrected chi connectivity index (χ3v) is 3.82. The maximum absolute atomic E-state index is 12.4. The average molecular weight is 334 g/mol. The molecule has 3 aromatic rings. The molecule has 0 spiro atoms. The summed E-state index contributed by atoms with van der Waals surface area (Å²) >= 11 is 0. The second kappa shape index (κ2) is 6.65. The standard InChI is InChI=1S/C19H18N4O2/c1-5-13-10-17(24)23(12(2)3)18-14(13)11-20-19(22-18)21-15-8-6-7-9-16(15)25-4/h1,6-12H,2-4H3,(H,20,21,22). The molecule has 0 bridgehead atoms. The lowest BCUT2D eigenvalue weighted by molar-refractivity contribution is 0.417. The summed E-state index contributed by atoms with van der Waals surface area (Å²) in [6, 6.07) is 8.84. The first-order valence-corrected chi connectivity index (χ1v) is 7.84. The number of pyridine rings is 1. The van der Waals surface area contributed by atoms with Gasteiger partial charge in [-0.05, 0) is 26.0 Å². The van der Waals surface area contributed by atoms with Gasteiger partial charge in [-0.3, -0.25) is 9.36 Å². The van der Waals surface area contributed by atoms with Crippen LogP contribution in [0.15, 0.2) is 41.3 Å². The van der Waals surface area contributed by atoms with Crippen molar-refractivity contribution in [2.24, 2.45) is 0 Å². The fourth-order valence-corrected chi connectivity index (χ4v) is 2.67. The zero-order valence-electron chi connectivity index (χ0n) is 14.3. The van der Waals surface area contributed by atoms with Crippen LogP contribution in [0.2, 0.25) is 0 Å². The first-order valence-electron chi connectivity index (χ1n) is 7.84. The molecule has 6 heteroatoms. The van der Waals surface area contributed by atoms with E-state index in [0.717, 1.165) is 5.69 Å². The van der Waals surface area contributed by atoms with Crippen LogP contribution < -0.4 is 15.6 Å². The predicted octanol–water partition coefficient (Wildman–Crippen LogP) is 3.11. The first-order chi connectivity index (χ1) is 12.0. The number of rotatable bonds is 4. The monoisotopic (exact) mass is 334 g/mol. The van der Waals surface area contributed by atoms with Crippen molar-refractivity contribution in [3.8, 4) is 18.1 Å². The molecule has 25 heavy (non-hydrogen) atoms. The molecule has 0 aliphatic carbocycles. The molecule has 1 aromatic carbocycles. The summed E-state index contributed by atoms with van der Waals surface area (Å²) in [7, 11) is 1.59. The van der Waals surface area contributed by atoms with E-state index in [4.69, 9.17) is 11.2 Å². The van der Waals surface area contributed by atoms with Crippen molar-refractivity contribution < 1.29 is 4.74 Å².